The van der Waals surface area contributed by atoms with Gasteiger partial charge in [0.2, 0.25) is 0 Å². The number of aromatic amines is 1. The second kappa shape index (κ2) is 2.60. The van der Waals surface area contributed by atoms with E-state index in [0.29, 0.717) is 6.54 Å². The van der Waals surface area contributed by atoms with Crippen LogP contribution in [0.3, 0.4) is 0 Å². The minimum atomic E-state index is 0.589. The van der Waals surface area contributed by atoms with E-state index in [4.69, 9.17) is 5.73 Å². The average Bonchev–Trinajstić information content (AvgIpc) is 2.44. The molecule has 0 saturated carbocycles. The molecule has 0 unspecified atom stereocenters. The van der Waals surface area contributed by atoms with E-state index in [1.807, 2.05) is 13.0 Å². The van der Waals surface area contributed by atoms with Crippen LogP contribution in [0, 0.1) is 6.92 Å². The molecule has 0 saturated heterocycles. The summed E-state index contributed by atoms with van der Waals surface area (Å²) in [6.45, 7) is 2.56. The molecule has 2 heterocycles. The van der Waals surface area contributed by atoms with Crippen LogP contribution in [0.5, 0.6) is 0 Å². The Morgan fingerprint density at radius 3 is 3.17 bits per heavy atom. The highest BCUT2D eigenvalue weighted by Gasteiger charge is 2.03. The minimum absolute atomic E-state index is 0.589. The Balaban J connectivity index is 2.43. The lowest BCUT2D eigenvalue weighted by Crippen LogP contribution is -2.04. The highest BCUT2D eigenvalue weighted by Crippen LogP contribution is 2.02. The smallest absolute Gasteiger partial charge is 0.175 e. The third kappa shape index (κ3) is 1.08. The highest BCUT2D eigenvalue weighted by atomic mass is 15.5. The number of H-pyrrole nitrogens is 1. The van der Waals surface area contributed by atoms with Gasteiger partial charge < -0.3 is 5.73 Å². The van der Waals surface area contributed by atoms with Crippen molar-refractivity contribution in [2.45, 2.75) is 13.3 Å². The minimum Gasteiger partial charge on any atom is -0.330 e. The Hall–Kier alpha value is -1.36. The van der Waals surface area contributed by atoms with Gasteiger partial charge >= 0.3 is 0 Å². The van der Waals surface area contributed by atoms with Crippen molar-refractivity contribution in [1.29, 1.82) is 0 Å². The number of aryl methyl sites for hydroxylation is 1. The summed E-state index contributed by atoms with van der Waals surface area (Å²) in [6, 6.07) is 1.95. The molecule has 0 aliphatic carbocycles. The fourth-order valence-electron chi connectivity index (χ4n) is 1.17. The van der Waals surface area contributed by atoms with Crippen LogP contribution in [0.4, 0.5) is 0 Å². The maximum absolute atomic E-state index is 5.38. The number of aromatic nitrogens is 4. The first kappa shape index (κ1) is 7.30. The lowest BCUT2D eigenvalue weighted by atomic mass is 10.4. The second-order valence-corrected chi connectivity index (χ2v) is 2.78. The van der Waals surface area contributed by atoms with Gasteiger partial charge in [-0.1, -0.05) is 0 Å². The molecule has 0 spiro atoms. The second-order valence-electron chi connectivity index (χ2n) is 2.78. The molecule has 2 rings (SSSR count). The molecule has 0 aliphatic rings. The van der Waals surface area contributed by atoms with Crippen molar-refractivity contribution < 1.29 is 0 Å². The molecule has 3 N–H and O–H groups in total. The van der Waals surface area contributed by atoms with E-state index in [9.17, 15) is 0 Å². The van der Waals surface area contributed by atoms with Crippen LogP contribution in [0.1, 0.15) is 11.5 Å². The van der Waals surface area contributed by atoms with Gasteiger partial charge in [-0.15, -0.1) is 5.10 Å². The van der Waals surface area contributed by atoms with Crippen molar-refractivity contribution >= 4 is 5.65 Å². The predicted octanol–water partition coefficient (Wildman–Crippen LogP) is -0.133. The van der Waals surface area contributed by atoms with Crippen LogP contribution in [0.2, 0.25) is 0 Å². The van der Waals surface area contributed by atoms with E-state index in [-0.39, 0.29) is 0 Å². The number of nitrogens with one attached hydrogen (secondary N) is 1. The SMILES string of the molecule is Cc1cc2nc(CCN)nn2[nH]1. The molecule has 0 amide bonds. The molecule has 2 aromatic rings. The summed E-state index contributed by atoms with van der Waals surface area (Å²) in [5, 5.41) is 7.23. The molecule has 5 heteroatoms. The van der Waals surface area contributed by atoms with E-state index in [1.165, 1.54) is 0 Å². The molecule has 64 valence electrons. The van der Waals surface area contributed by atoms with Crippen LogP contribution in [0.15, 0.2) is 6.07 Å². The van der Waals surface area contributed by atoms with Gasteiger partial charge in [0.25, 0.3) is 0 Å². The largest absolute Gasteiger partial charge is 0.330 e. The van der Waals surface area contributed by atoms with Crippen molar-refractivity contribution in [2.24, 2.45) is 5.73 Å². The first-order valence-corrected chi connectivity index (χ1v) is 3.91. The van der Waals surface area contributed by atoms with Crippen molar-refractivity contribution in [3.63, 3.8) is 0 Å². The maximum Gasteiger partial charge on any atom is 0.175 e. The normalized spacial score (nSPS) is 11.2. The van der Waals surface area contributed by atoms with Gasteiger partial charge in [0.05, 0.1) is 0 Å². The summed E-state index contributed by atoms with van der Waals surface area (Å²) < 4.78 is 1.67. The third-order valence-corrected chi connectivity index (χ3v) is 1.67. The van der Waals surface area contributed by atoms with Gasteiger partial charge in [-0.3, -0.25) is 5.10 Å². The lowest BCUT2D eigenvalue weighted by molar-refractivity contribution is 0.766. The van der Waals surface area contributed by atoms with Gasteiger partial charge in [-0.25, -0.2) is 4.98 Å². The summed E-state index contributed by atoms with van der Waals surface area (Å²) in [5.41, 5.74) is 7.30. The average molecular weight is 165 g/mol. The van der Waals surface area contributed by atoms with Crippen LogP contribution in [0.25, 0.3) is 5.65 Å². The van der Waals surface area contributed by atoms with E-state index in [2.05, 4.69) is 15.2 Å². The highest BCUT2D eigenvalue weighted by molar-refractivity contribution is 5.37. The van der Waals surface area contributed by atoms with Crippen LogP contribution >= 0.6 is 0 Å². The number of nitrogens with two attached hydrogens (primary N) is 1. The quantitative estimate of drug-likeness (QED) is 0.651. The molecule has 5 nitrogen and oxygen atoms in total. The van der Waals surface area contributed by atoms with E-state index < -0.39 is 0 Å². The Morgan fingerprint density at radius 1 is 1.67 bits per heavy atom. The first-order chi connectivity index (χ1) is 5.79. The van der Waals surface area contributed by atoms with Crippen molar-refractivity contribution in [1.82, 2.24) is 19.8 Å². The lowest BCUT2D eigenvalue weighted by Gasteiger charge is -1.86. The number of hydrogen-bond acceptors (Lipinski definition) is 3. The number of hydrogen-bond donors (Lipinski definition) is 2. The zero-order valence-corrected chi connectivity index (χ0v) is 6.91. The van der Waals surface area contributed by atoms with Crippen molar-refractivity contribution in [3.05, 3.63) is 17.6 Å². The third-order valence-electron chi connectivity index (χ3n) is 1.67. The molecule has 2 aromatic heterocycles. The zero-order chi connectivity index (χ0) is 8.55. The summed E-state index contributed by atoms with van der Waals surface area (Å²) in [7, 11) is 0. The van der Waals surface area contributed by atoms with Gasteiger partial charge in [-0.2, -0.15) is 4.63 Å². The molecule has 0 bridgehead atoms. The van der Waals surface area contributed by atoms with E-state index in [1.54, 1.807) is 4.63 Å². The van der Waals surface area contributed by atoms with Crippen LogP contribution in [-0.4, -0.2) is 26.4 Å². The van der Waals surface area contributed by atoms with Gasteiger partial charge in [-0.05, 0) is 13.5 Å². The molecule has 0 aliphatic heterocycles. The standard InChI is InChI=1S/C7H11N5/c1-5-4-7-9-6(2-3-8)11-12(7)10-5/h4,10H,2-3,8H2,1H3. The van der Waals surface area contributed by atoms with E-state index in [0.717, 1.165) is 23.6 Å². The number of rotatable bonds is 2. The van der Waals surface area contributed by atoms with Crippen molar-refractivity contribution in [3.8, 4) is 0 Å². The van der Waals surface area contributed by atoms with Crippen LogP contribution in [-0.2, 0) is 6.42 Å². The predicted molar refractivity (Wildman–Crippen MR) is 44.8 cm³/mol. The number of fused-ring (bicyclic) bond motifs is 1. The fourth-order valence-corrected chi connectivity index (χ4v) is 1.17. The van der Waals surface area contributed by atoms with Crippen LogP contribution < -0.4 is 5.73 Å². The van der Waals surface area contributed by atoms with E-state index >= 15 is 0 Å². The fraction of sp³-hybridized carbons (Fsp3) is 0.429. The van der Waals surface area contributed by atoms with Crippen molar-refractivity contribution in [2.75, 3.05) is 6.54 Å². The Kier molecular flexibility index (Phi) is 1.58. The molecule has 0 fully saturated rings. The Bertz CT molecular complexity index is 354. The topological polar surface area (TPSA) is 72.0 Å². The molecular formula is C7H11N5. The van der Waals surface area contributed by atoms with Gasteiger partial charge in [0.15, 0.2) is 11.5 Å². The molecule has 0 aromatic carbocycles. The molecule has 0 radical (unpaired) electrons. The summed E-state index contributed by atoms with van der Waals surface area (Å²) >= 11 is 0. The Labute approximate surface area is 69.6 Å². The zero-order valence-electron chi connectivity index (χ0n) is 6.91. The maximum atomic E-state index is 5.38. The molecule has 12 heavy (non-hydrogen) atoms. The molecule has 0 atom stereocenters. The summed E-state index contributed by atoms with van der Waals surface area (Å²) in [6.07, 6.45) is 0.731. The monoisotopic (exact) mass is 165 g/mol. The summed E-state index contributed by atoms with van der Waals surface area (Å²) in [4.78, 5) is 4.26. The molecular weight excluding hydrogens is 154 g/mol. The van der Waals surface area contributed by atoms with Gasteiger partial charge in [0, 0.05) is 18.2 Å². The first-order valence-electron chi connectivity index (χ1n) is 3.91. The number of nitrogens with zero attached hydrogens (tertiary/aromatic N) is 3. The summed E-state index contributed by atoms with van der Waals surface area (Å²) in [5.74, 6) is 0.795. The van der Waals surface area contributed by atoms with Gasteiger partial charge in [0.1, 0.15) is 0 Å². The Morgan fingerprint density at radius 2 is 2.50 bits per heavy atom.